The van der Waals surface area contributed by atoms with E-state index in [1.165, 1.54) is 31.2 Å². The molecule has 1 aliphatic heterocycles. The van der Waals surface area contributed by atoms with Gasteiger partial charge in [0.1, 0.15) is 0 Å². The van der Waals surface area contributed by atoms with Crippen LogP contribution in [0.1, 0.15) is 38.7 Å². The Labute approximate surface area is 175 Å². The number of rotatable bonds is 6. The van der Waals surface area contributed by atoms with E-state index < -0.39 is 15.4 Å². The molecule has 1 atom stereocenters. The normalized spacial score (nSPS) is 19.1. The average molecular weight is 429 g/mol. The Morgan fingerprint density at radius 2 is 1.63 bits per heavy atom. The Bertz CT molecular complexity index is 1080. The maximum Gasteiger partial charge on any atom is 0.261 e. The molecule has 0 aliphatic carbocycles. The van der Waals surface area contributed by atoms with Crippen molar-refractivity contribution in [1.82, 2.24) is 5.32 Å². The van der Waals surface area contributed by atoms with Crippen molar-refractivity contribution >= 4 is 39.1 Å². The molecule has 0 radical (unpaired) electrons. The van der Waals surface area contributed by atoms with Gasteiger partial charge >= 0.3 is 0 Å². The predicted octanol–water partition coefficient (Wildman–Crippen LogP) is 2.53. The van der Waals surface area contributed by atoms with Gasteiger partial charge in [-0.05, 0) is 54.8 Å². The molecule has 1 aliphatic rings. The van der Waals surface area contributed by atoms with E-state index in [4.69, 9.17) is 0 Å². The molecule has 0 bridgehead atoms. The summed E-state index contributed by atoms with van der Waals surface area (Å²) in [5, 5.41) is 4.97. The highest BCUT2D eigenvalue weighted by Crippen LogP contribution is 2.36. The molecule has 158 valence electrons. The molecule has 3 amide bonds. The molecule has 0 aromatic heterocycles. The third-order valence-electron chi connectivity index (χ3n) is 5.24. The van der Waals surface area contributed by atoms with Gasteiger partial charge in [0.25, 0.3) is 10.0 Å². The van der Waals surface area contributed by atoms with Crippen LogP contribution in [0.4, 0.5) is 11.4 Å². The molecule has 0 spiro atoms. The van der Waals surface area contributed by atoms with Crippen LogP contribution in [0.5, 0.6) is 0 Å². The van der Waals surface area contributed by atoms with Crippen LogP contribution in [0.25, 0.3) is 0 Å². The first-order valence-electron chi connectivity index (χ1n) is 9.51. The van der Waals surface area contributed by atoms with Crippen molar-refractivity contribution in [3.05, 3.63) is 54.1 Å². The molecule has 0 saturated carbocycles. The fourth-order valence-corrected chi connectivity index (χ4v) is 4.62. The monoisotopic (exact) mass is 429 g/mol. The Morgan fingerprint density at radius 3 is 2.17 bits per heavy atom. The number of piperidine rings is 1. The highest BCUT2D eigenvalue weighted by Gasteiger charge is 2.42. The van der Waals surface area contributed by atoms with Crippen molar-refractivity contribution in [2.24, 2.45) is 0 Å². The smallest absolute Gasteiger partial charge is 0.261 e. The summed E-state index contributed by atoms with van der Waals surface area (Å²) in [4.78, 5) is 35.1. The number of carbonyl (C=O) groups excluding carboxylic acids is 3. The zero-order valence-corrected chi connectivity index (χ0v) is 17.5. The number of hydrogen-bond acceptors (Lipinski definition) is 5. The number of nitrogens with one attached hydrogen (secondary N) is 3. The van der Waals surface area contributed by atoms with Crippen molar-refractivity contribution in [2.45, 2.75) is 43.4 Å². The molecule has 2 aromatic carbocycles. The Morgan fingerprint density at radius 1 is 1.03 bits per heavy atom. The van der Waals surface area contributed by atoms with Gasteiger partial charge in [0, 0.05) is 24.7 Å². The molecule has 1 fully saturated rings. The van der Waals surface area contributed by atoms with E-state index in [0.29, 0.717) is 24.2 Å². The van der Waals surface area contributed by atoms with Gasteiger partial charge in [-0.15, -0.1) is 0 Å². The van der Waals surface area contributed by atoms with Crippen LogP contribution in [0.2, 0.25) is 0 Å². The van der Waals surface area contributed by atoms with Crippen molar-refractivity contribution < 1.29 is 22.8 Å². The fourth-order valence-electron chi connectivity index (χ4n) is 3.56. The summed E-state index contributed by atoms with van der Waals surface area (Å²) in [5.41, 5.74) is 0.783. The zero-order valence-electron chi connectivity index (χ0n) is 16.7. The van der Waals surface area contributed by atoms with Gasteiger partial charge in [-0.25, -0.2) is 8.42 Å². The first-order valence-corrected chi connectivity index (χ1v) is 11.0. The summed E-state index contributed by atoms with van der Waals surface area (Å²) in [6, 6.07) is 12.4. The second kappa shape index (κ2) is 8.27. The summed E-state index contributed by atoms with van der Waals surface area (Å²) >= 11 is 0. The molecule has 0 unspecified atom stereocenters. The largest absolute Gasteiger partial charge is 0.326 e. The van der Waals surface area contributed by atoms with E-state index in [0.717, 1.165) is 5.56 Å². The van der Waals surface area contributed by atoms with E-state index in [1.807, 2.05) is 6.92 Å². The van der Waals surface area contributed by atoms with Crippen LogP contribution in [0.15, 0.2) is 53.4 Å². The first-order chi connectivity index (χ1) is 14.2. The van der Waals surface area contributed by atoms with Crippen LogP contribution >= 0.6 is 0 Å². The third kappa shape index (κ3) is 4.35. The van der Waals surface area contributed by atoms with Gasteiger partial charge in [0.2, 0.25) is 17.7 Å². The van der Waals surface area contributed by atoms with Crippen molar-refractivity contribution in [3.8, 4) is 0 Å². The third-order valence-corrected chi connectivity index (χ3v) is 6.64. The van der Waals surface area contributed by atoms with Gasteiger partial charge in [-0.1, -0.05) is 19.1 Å². The standard InChI is InChI=1S/C21H23N3O5S/c1-3-21(13-12-19(26)23-20(21)27)15-4-6-17(7-5-15)24-30(28,29)18-10-8-16(9-11-18)22-14(2)25/h4-11,24H,3,12-13H2,1-2H3,(H,22,25)(H,23,26,27)/t21-/m0/s1. The molecule has 30 heavy (non-hydrogen) atoms. The second-order valence-corrected chi connectivity index (χ2v) is 8.88. The van der Waals surface area contributed by atoms with Crippen molar-refractivity contribution in [1.29, 1.82) is 0 Å². The van der Waals surface area contributed by atoms with E-state index in [-0.39, 0.29) is 29.0 Å². The molecule has 3 rings (SSSR count). The van der Waals surface area contributed by atoms with Crippen LogP contribution in [0.3, 0.4) is 0 Å². The highest BCUT2D eigenvalue weighted by atomic mass is 32.2. The Hall–Kier alpha value is -3.20. The number of hydrogen-bond donors (Lipinski definition) is 3. The number of sulfonamides is 1. The maximum atomic E-state index is 12.6. The van der Waals surface area contributed by atoms with Crippen molar-refractivity contribution in [3.63, 3.8) is 0 Å². The number of carbonyl (C=O) groups is 3. The predicted molar refractivity (Wildman–Crippen MR) is 112 cm³/mol. The average Bonchev–Trinajstić information content (AvgIpc) is 2.69. The van der Waals surface area contributed by atoms with Gasteiger partial charge in [0.05, 0.1) is 10.3 Å². The summed E-state index contributed by atoms with van der Waals surface area (Å²) in [5.74, 6) is -0.850. The lowest BCUT2D eigenvalue weighted by Gasteiger charge is -2.35. The van der Waals surface area contributed by atoms with Gasteiger partial charge in [0.15, 0.2) is 0 Å². The minimum atomic E-state index is -3.82. The lowest BCUT2D eigenvalue weighted by atomic mass is 9.72. The number of benzene rings is 2. The highest BCUT2D eigenvalue weighted by molar-refractivity contribution is 7.92. The molecule has 1 heterocycles. The van der Waals surface area contributed by atoms with Crippen LogP contribution in [-0.2, 0) is 29.8 Å². The van der Waals surface area contributed by atoms with Crippen LogP contribution in [0, 0.1) is 0 Å². The molecule has 8 nitrogen and oxygen atoms in total. The zero-order chi connectivity index (χ0) is 21.9. The van der Waals surface area contributed by atoms with Gasteiger partial charge in [-0.2, -0.15) is 0 Å². The molecule has 9 heteroatoms. The Kier molecular flexibility index (Phi) is 5.93. The lowest BCUT2D eigenvalue weighted by molar-refractivity contribution is -0.138. The minimum Gasteiger partial charge on any atom is -0.326 e. The van der Waals surface area contributed by atoms with Gasteiger partial charge < -0.3 is 5.32 Å². The number of amides is 3. The maximum absolute atomic E-state index is 12.6. The number of anilines is 2. The van der Waals surface area contributed by atoms with Crippen LogP contribution in [-0.4, -0.2) is 26.1 Å². The summed E-state index contributed by atoms with van der Waals surface area (Å²) in [6.45, 7) is 3.25. The van der Waals surface area contributed by atoms with Crippen molar-refractivity contribution in [2.75, 3.05) is 10.0 Å². The molecular formula is C21H23N3O5S. The Balaban J connectivity index is 1.78. The first kappa shape index (κ1) is 21.5. The molecular weight excluding hydrogens is 406 g/mol. The van der Waals surface area contributed by atoms with E-state index in [1.54, 1.807) is 24.3 Å². The molecule has 3 N–H and O–H groups in total. The SMILES string of the molecule is CC[C@@]1(c2ccc(NS(=O)(=O)c3ccc(NC(C)=O)cc3)cc2)CCC(=O)NC1=O. The quantitative estimate of drug-likeness (QED) is 0.609. The van der Waals surface area contributed by atoms with Gasteiger partial charge in [-0.3, -0.25) is 24.4 Å². The second-order valence-electron chi connectivity index (χ2n) is 7.20. The summed E-state index contributed by atoms with van der Waals surface area (Å²) in [7, 11) is -3.82. The molecule has 2 aromatic rings. The summed E-state index contributed by atoms with van der Waals surface area (Å²) in [6.07, 6.45) is 1.21. The summed E-state index contributed by atoms with van der Waals surface area (Å²) < 4.78 is 27.8. The molecule has 1 saturated heterocycles. The lowest BCUT2D eigenvalue weighted by Crippen LogP contribution is -2.51. The fraction of sp³-hybridized carbons (Fsp3) is 0.286. The minimum absolute atomic E-state index is 0.0517. The van der Waals surface area contributed by atoms with E-state index >= 15 is 0 Å². The van der Waals surface area contributed by atoms with Crippen LogP contribution < -0.4 is 15.4 Å². The van der Waals surface area contributed by atoms with E-state index in [9.17, 15) is 22.8 Å². The topological polar surface area (TPSA) is 121 Å². The van der Waals surface area contributed by atoms with E-state index in [2.05, 4.69) is 15.4 Å². The number of imide groups is 1.